The highest BCUT2D eigenvalue weighted by Crippen LogP contribution is 2.37. The SMILES string of the molecule is CC(C)(C)OC(=O)N1CCC[C@H]1COc1nc2c(c(N3CCN(C(=O)O)[C@@H](CC#N)C3)n1)CCN(c1cccc3cccc(Br)c13)C2. The zero-order chi connectivity index (χ0) is 33.3. The van der Waals surface area contributed by atoms with Crippen LogP contribution in [0.25, 0.3) is 10.8 Å². The Morgan fingerprint density at radius 1 is 1.04 bits per heavy atom. The van der Waals surface area contributed by atoms with Crippen LogP contribution in [0, 0.1) is 11.3 Å². The number of benzene rings is 2. The topological polar surface area (TPSA) is 135 Å². The van der Waals surface area contributed by atoms with Crippen molar-refractivity contribution in [2.45, 2.75) is 70.7 Å². The van der Waals surface area contributed by atoms with Gasteiger partial charge in [-0.2, -0.15) is 15.2 Å². The number of nitriles is 1. The van der Waals surface area contributed by atoms with Gasteiger partial charge in [0.2, 0.25) is 0 Å². The van der Waals surface area contributed by atoms with Gasteiger partial charge in [-0.25, -0.2) is 9.59 Å². The molecule has 2 amide bonds. The second kappa shape index (κ2) is 13.4. The molecule has 2 saturated heterocycles. The van der Waals surface area contributed by atoms with Gasteiger partial charge in [-0.1, -0.05) is 40.2 Å². The molecule has 6 rings (SSSR count). The second-order valence-corrected chi connectivity index (χ2v) is 14.1. The molecule has 248 valence electrons. The number of amides is 2. The van der Waals surface area contributed by atoms with Gasteiger partial charge in [0.05, 0.1) is 36.8 Å². The van der Waals surface area contributed by atoms with Gasteiger partial charge >= 0.3 is 18.2 Å². The molecule has 3 aliphatic heterocycles. The zero-order valence-corrected chi connectivity index (χ0v) is 28.6. The second-order valence-electron chi connectivity index (χ2n) is 13.3. The lowest BCUT2D eigenvalue weighted by molar-refractivity contribution is 0.0183. The van der Waals surface area contributed by atoms with E-state index >= 15 is 0 Å². The summed E-state index contributed by atoms with van der Waals surface area (Å²) >= 11 is 3.75. The molecule has 0 unspecified atom stereocenters. The van der Waals surface area contributed by atoms with Crippen molar-refractivity contribution in [3.63, 3.8) is 0 Å². The summed E-state index contributed by atoms with van der Waals surface area (Å²) in [6.07, 6.45) is 1.03. The maximum atomic E-state index is 12.9. The van der Waals surface area contributed by atoms with Crippen LogP contribution in [0.4, 0.5) is 21.1 Å². The number of carbonyl (C=O) groups is 2. The van der Waals surface area contributed by atoms with Gasteiger partial charge in [0.15, 0.2) is 0 Å². The molecule has 4 heterocycles. The number of ether oxygens (including phenoxy) is 2. The van der Waals surface area contributed by atoms with Crippen LogP contribution in [-0.2, 0) is 17.7 Å². The molecule has 3 aromatic rings. The maximum absolute atomic E-state index is 12.9. The van der Waals surface area contributed by atoms with Crippen LogP contribution in [0.2, 0.25) is 0 Å². The molecule has 12 nitrogen and oxygen atoms in total. The number of piperazine rings is 1. The summed E-state index contributed by atoms with van der Waals surface area (Å²) in [6, 6.07) is 14.2. The summed E-state index contributed by atoms with van der Waals surface area (Å²) in [5, 5.41) is 21.5. The zero-order valence-electron chi connectivity index (χ0n) is 27.0. The Kier molecular flexibility index (Phi) is 9.32. The Hall–Kier alpha value is -4.31. The Bertz CT molecular complexity index is 1700. The van der Waals surface area contributed by atoms with Crippen LogP contribution < -0.4 is 14.5 Å². The molecule has 47 heavy (non-hydrogen) atoms. The minimum atomic E-state index is -1.03. The summed E-state index contributed by atoms with van der Waals surface area (Å²) in [6.45, 7) is 8.71. The molecule has 0 saturated carbocycles. The summed E-state index contributed by atoms with van der Waals surface area (Å²) < 4.78 is 12.9. The fourth-order valence-corrected chi connectivity index (χ4v) is 7.36. The highest BCUT2D eigenvalue weighted by molar-refractivity contribution is 9.10. The van der Waals surface area contributed by atoms with Crippen molar-refractivity contribution in [1.82, 2.24) is 19.8 Å². The molecule has 1 N–H and O–H groups in total. The molecule has 0 bridgehead atoms. The lowest BCUT2D eigenvalue weighted by atomic mass is 10.0. The first kappa shape index (κ1) is 32.6. The molecule has 2 atom stereocenters. The third kappa shape index (κ3) is 7.02. The Labute approximate surface area is 283 Å². The van der Waals surface area contributed by atoms with Crippen LogP contribution in [0.15, 0.2) is 40.9 Å². The number of likely N-dealkylation sites (tertiary alicyclic amines) is 1. The fraction of sp³-hybridized carbons (Fsp3) is 0.500. The molecule has 1 aromatic heterocycles. The van der Waals surface area contributed by atoms with Gasteiger partial charge < -0.3 is 34.2 Å². The van der Waals surface area contributed by atoms with Crippen molar-refractivity contribution in [1.29, 1.82) is 5.26 Å². The van der Waals surface area contributed by atoms with Gasteiger partial charge in [0.25, 0.3) is 0 Å². The highest BCUT2D eigenvalue weighted by atomic mass is 79.9. The highest BCUT2D eigenvalue weighted by Gasteiger charge is 2.36. The number of carboxylic acid groups (broad SMARTS) is 1. The predicted molar refractivity (Wildman–Crippen MR) is 181 cm³/mol. The molecular weight excluding hydrogens is 666 g/mol. The number of rotatable bonds is 6. The Balaban J connectivity index is 1.31. The van der Waals surface area contributed by atoms with Crippen molar-refractivity contribution < 1.29 is 24.2 Å². The molecule has 2 fully saturated rings. The number of aromatic nitrogens is 2. The average molecular weight is 707 g/mol. The summed E-state index contributed by atoms with van der Waals surface area (Å²) in [5.41, 5.74) is 2.35. The van der Waals surface area contributed by atoms with E-state index in [1.165, 1.54) is 4.90 Å². The van der Waals surface area contributed by atoms with E-state index in [2.05, 4.69) is 56.1 Å². The fourth-order valence-electron chi connectivity index (χ4n) is 6.78. The third-order valence-corrected chi connectivity index (χ3v) is 9.62. The van der Waals surface area contributed by atoms with E-state index in [0.29, 0.717) is 38.4 Å². The van der Waals surface area contributed by atoms with Crippen molar-refractivity contribution in [3.05, 3.63) is 52.1 Å². The van der Waals surface area contributed by atoms with Gasteiger partial charge in [-0.3, -0.25) is 0 Å². The van der Waals surface area contributed by atoms with E-state index in [9.17, 15) is 20.0 Å². The number of fused-ring (bicyclic) bond motifs is 2. The lowest BCUT2D eigenvalue weighted by Crippen LogP contribution is -2.55. The van der Waals surface area contributed by atoms with Gasteiger partial charge in [-0.15, -0.1) is 0 Å². The number of nitrogens with zero attached hydrogens (tertiary/aromatic N) is 7. The molecule has 3 aliphatic rings. The van der Waals surface area contributed by atoms with Crippen molar-refractivity contribution in [3.8, 4) is 12.1 Å². The minimum absolute atomic E-state index is 0.0886. The minimum Gasteiger partial charge on any atom is -0.465 e. The number of hydrogen-bond acceptors (Lipinski definition) is 9. The van der Waals surface area contributed by atoms with Crippen LogP contribution in [0.1, 0.15) is 51.3 Å². The van der Waals surface area contributed by atoms with Crippen molar-refractivity contribution >= 4 is 50.4 Å². The summed E-state index contributed by atoms with van der Waals surface area (Å²) in [7, 11) is 0. The van der Waals surface area contributed by atoms with E-state index in [1.54, 1.807) is 4.90 Å². The van der Waals surface area contributed by atoms with Crippen LogP contribution >= 0.6 is 15.9 Å². The van der Waals surface area contributed by atoms with Crippen molar-refractivity contribution in [2.75, 3.05) is 49.1 Å². The number of anilines is 2. The van der Waals surface area contributed by atoms with E-state index in [0.717, 1.165) is 51.6 Å². The first-order valence-electron chi connectivity index (χ1n) is 16.1. The predicted octanol–water partition coefficient (Wildman–Crippen LogP) is 5.82. The molecule has 0 radical (unpaired) electrons. The largest absolute Gasteiger partial charge is 0.465 e. The monoisotopic (exact) mass is 705 g/mol. The summed E-state index contributed by atoms with van der Waals surface area (Å²) in [4.78, 5) is 42.1. The standard InChI is InChI=1S/C34H40BrN7O5/c1-34(2,3)47-33(45)42-15-6-9-24(42)21-46-31-37-27-20-39(28-11-5-8-22-7-4-10-26(35)29(22)28)16-13-25(27)30(38-31)40-17-18-41(32(43)44)23(19-40)12-14-36/h4-5,7-8,10-11,23-24H,6,9,12-13,15-21H2,1-3H3,(H,43,44)/t23-,24-/m0/s1. The van der Waals surface area contributed by atoms with Crippen LogP contribution in [0.3, 0.4) is 0 Å². The molecule has 13 heteroatoms. The quantitative estimate of drug-likeness (QED) is 0.334. The summed E-state index contributed by atoms with van der Waals surface area (Å²) in [5.74, 6) is 0.715. The number of carbonyl (C=O) groups excluding carboxylic acids is 1. The van der Waals surface area contributed by atoms with E-state index in [1.807, 2.05) is 32.9 Å². The number of hydrogen-bond donors (Lipinski definition) is 1. The first-order chi connectivity index (χ1) is 22.5. The first-order valence-corrected chi connectivity index (χ1v) is 16.9. The lowest BCUT2D eigenvalue weighted by Gasteiger charge is -2.41. The van der Waals surface area contributed by atoms with E-state index in [-0.39, 0.29) is 37.7 Å². The third-order valence-electron chi connectivity index (χ3n) is 8.96. The van der Waals surface area contributed by atoms with Gasteiger partial charge in [-0.05, 0) is 57.6 Å². The Morgan fingerprint density at radius 3 is 2.57 bits per heavy atom. The molecule has 0 spiro atoms. The van der Waals surface area contributed by atoms with E-state index < -0.39 is 17.7 Å². The average Bonchev–Trinajstić information content (AvgIpc) is 3.51. The Morgan fingerprint density at radius 2 is 1.83 bits per heavy atom. The molecular formula is C34H40BrN7O5. The van der Waals surface area contributed by atoms with Gasteiger partial charge in [0, 0.05) is 53.8 Å². The smallest absolute Gasteiger partial charge is 0.410 e. The van der Waals surface area contributed by atoms with Crippen LogP contribution in [0.5, 0.6) is 6.01 Å². The molecule has 0 aliphatic carbocycles. The van der Waals surface area contributed by atoms with E-state index in [4.69, 9.17) is 19.4 Å². The van der Waals surface area contributed by atoms with Crippen molar-refractivity contribution in [2.24, 2.45) is 0 Å². The normalized spacial score (nSPS) is 19.8. The van der Waals surface area contributed by atoms with Gasteiger partial charge in [0.1, 0.15) is 18.0 Å². The molecule has 2 aromatic carbocycles. The number of halogens is 1. The van der Waals surface area contributed by atoms with Crippen LogP contribution in [-0.4, -0.2) is 94.1 Å². The maximum Gasteiger partial charge on any atom is 0.410 e.